The zero-order valence-corrected chi connectivity index (χ0v) is 13.5. The molecule has 1 N–H and O–H groups in total. The van der Waals surface area contributed by atoms with Crippen LogP contribution in [-0.2, 0) is 13.6 Å². The third-order valence-corrected chi connectivity index (χ3v) is 3.77. The van der Waals surface area contributed by atoms with Crippen LogP contribution in [0.25, 0.3) is 11.0 Å². The van der Waals surface area contributed by atoms with Crippen molar-refractivity contribution >= 4 is 16.9 Å². The molecular weight excluding hydrogens is 302 g/mol. The Labute approximate surface area is 140 Å². The second kappa shape index (κ2) is 7.00. The lowest BCUT2D eigenvalue weighted by Crippen LogP contribution is -2.24. The number of rotatable bonds is 6. The fraction of sp³-hybridized carbons (Fsp3) is 0.158. The molecule has 1 amide bonds. The van der Waals surface area contributed by atoms with Gasteiger partial charge in [0.25, 0.3) is 5.91 Å². The van der Waals surface area contributed by atoms with Crippen molar-refractivity contribution in [2.45, 2.75) is 6.54 Å². The van der Waals surface area contributed by atoms with Gasteiger partial charge in [-0.2, -0.15) is 0 Å². The van der Waals surface area contributed by atoms with Gasteiger partial charge in [0, 0.05) is 12.6 Å². The van der Waals surface area contributed by atoms with Crippen LogP contribution in [0.2, 0.25) is 0 Å². The lowest BCUT2D eigenvalue weighted by molar-refractivity contribution is 0.0949. The van der Waals surface area contributed by atoms with E-state index in [0.29, 0.717) is 24.5 Å². The Kier molecular flexibility index (Phi) is 4.61. The minimum atomic E-state index is -0.141. The number of imidazole rings is 1. The first kappa shape index (κ1) is 15.8. The minimum Gasteiger partial charge on any atom is -0.490 e. The van der Waals surface area contributed by atoms with Crippen molar-refractivity contribution in [3.05, 3.63) is 72.6 Å². The summed E-state index contributed by atoms with van der Waals surface area (Å²) in [5, 5.41) is 2.90. The third-order valence-electron chi connectivity index (χ3n) is 3.77. The number of aryl methyl sites for hydroxylation is 1. The van der Waals surface area contributed by atoms with Gasteiger partial charge in [-0.15, -0.1) is 0 Å². The van der Waals surface area contributed by atoms with Crippen LogP contribution in [0.5, 0.6) is 5.75 Å². The van der Waals surface area contributed by atoms with Crippen LogP contribution in [0.1, 0.15) is 16.2 Å². The van der Waals surface area contributed by atoms with Crippen LogP contribution in [0.3, 0.4) is 0 Å². The molecule has 5 nitrogen and oxygen atoms in total. The average molecular weight is 321 g/mol. The molecule has 0 spiro atoms. The summed E-state index contributed by atoms with van der Waals surface area (Å²) in [7, 11) is 1.95. The van der Waals surface area contributed by atoms with Crippen molar-refractivity contribution in [3.63, 3.8) is 0 Å². The molecule has 0 aliphatic carbocycles. The zero-order valence-electron chi connectivity index (χ0n) is 13.5. The fourth-order valence-electron chi connectivity index (χ4n) is 2.47. The van der Waals surface area contributed by atoms with E-state index < -0.39 is 0 Å². The van der Waals surface area contributed by atoms with Crippen molar-refractivity contribution < 1.29 is 9.53 Å². The Morgan fingerprint density at radius 1 is 1.25 bits per heavy atom. The van der Waals surface area contributed by atoms with Gasteiger partial charge in [-0.25, -0.2) is 4.98 Å². The largest absolute Gasteiger partial charge is 0.490 e. The Bertz CT molecular complexity index is 866. The molecular formula is C19H19N3O2. The number of hydrogen-bond donors (Lipinski definition) is 1. The van der Waals surface area contributed by atoms with Crippen LogP contribution in [0, 0.1) is 0 Å². The second-order valence-corrected chi connectivity index (χ2v) is 5.38. The second-order valence-electron chi connectivity index (χ2n) is 5.38. The van der Waals surface area contributed by atoms with E-state index in [9.17, 15) is 4.79 Å². The highest BCUT2D eigenvalue weighted by Gasteiger charge is 2.10. The minimum absolute atomic E-state index is 0.141. The molecule has 0 bridgehead atoms. The maximum absolute atomic E-state index is 12.3. The number of carbonyl (C=O) groups is 1. The summed E-state index contributed by atoms with van der Waals surface area (Å²) in [6.45, 7) is 4.42. The molecule has 3 aromatic rings. The highest BCUT2D eigenvalue weighted by Crippen LogP contribution is 2.15. The van der Waals surface area contributed by atoms with E-state index in [1.807, 2.05) is 35.9 Å². The van der Waals surface area contributed by atoms with Gasteiger partial charge in [0.05, 0.1) is 17.6 Å². The number of nitrogens with one attached hydrogen (secondary N) is 1. The summed E-state index contributed by atoms with van der Waals surface area (Å²) < 4.78 is 7.39. The lowest BCUT2D eigenvalue weighted by atomic mass is 10.2. The molecule has 3 rings (SSSR count). The molecule has 0 saturated carbocycles. The van der Waals surface area contributed by atoms with Gasteiger partial charge in [-0.3, -0.25) is 4.79 Å². The standard InChI is InChI=1S/C19H19N3O2/c1-3-12-24-15-10-8-14(9-11-15)19(23)20-13-18-21-16-6-4-5-7-17(16)22(18)2/h3-11H,1,12-13H2,2H3,(H,20,23). The highest BCUT2D eigenvalue weighted by atomic mass is 16.5. The van der Waals surface area contributed by atoms with Crippen molar-refractivity contribution in [1.29, 1.82) is 0 Å². The van der Waals surface area contributed by atoms with E-state index >= 15 is 0 Å². The van der Waals surface area contributed by atoms with Gasteiger partial charge in [0.15, 0.2) is 0 Å². The first-order chi connectivity index (χ1) is 11.7. The van der Waals surface area contributed by atoms with Gasteiger partial charge >= 0.3 is 0 Å². The normalized spacial score (nSPS) is 10.5. The molecule has 0 aliphatic rings. The van der Waals surface area contributed by atoms with E-state index in [-0.39, 0.29) is 5.91 Å². The third kappa shape index (κ3) is 3.30. The maximum atomic E-state index is 12.3. The van der Waals surface area contributed by atoms with Gasteiger partial charge < -0.3 is 14.6 Å². The monoisotopic (exact) mass is 321 g/mol. The van der Waals surface area contributed by atoms with Crippen LogP contribution in [-0.4, -0.2) is 22.1 Å². The molecule has 0 atom stereocenters. The van der Waals surface area contributed by atoms with Crippen LogP contribution >= 0.6 is 0 Å². The number of aromatic nitrogens is 2. The molecule has 1 aromatic heterocycles. The molecule has 0 radical (unpaired) electrons. The molecule has 1 heterocycles. The van der Waals surface area contributed by atoms with E-state index in [0.717, 1.165) is 16.9 Å². The molecule has 0 fully saturated rings. The van der Waals surface area contributed by atoms with E-state index in [1.54, 1.807) is 30.3 Å². The summed E-state index contributed by atoms with van der Waals surface area (Å²) in [5.74, 6) is 1.38. The number of hydrogen-bond acceptors (Lipinski definition) is 3. The molecule has 0 saturated heterocycles. The molecule has 122 valence electrons. The predicted molar refractivity (Wildman–Crippen MR) is 94.0 cm³/mol. The van der Waals surface area contributed by atoms with Crippen molar-refractivity contribution in [3.8, 4) is 5.75 Å². The Morgan fingerprint density at radius 2 is 2.00 bits per heavy atom. The molecule has 24 heavy (non-hydrogen) atoms. The van der Waals surface area contributed by atoms with E-state index in [4.69, 9.17) is 4.74 Å². The molecule has 0 aliphatic heterocycles. The van der Waals surface area contributed by atoms with E-state index in [2.05, 4.69) is 16.9 Å². The van der Waals surface area contributed by atoms with Crippen LogP contribution in [0.4, 0.5) is 0 Å². The topological polar surface area (TPSA) is 56.1 Å². The lowest BCUT2D eigenvalue weighted by Gasteiger charge is -2.07. The van der Waals surface area contributed by atoms with Crippen LogP contribution < -0.4 is 10.1 Å². The van der Waals surface area contributed by atoms with Crippen molar-refractivity contribution in [1.82, 2.24) is 14.9 Å². The first-order valence-corrected chi connectivity index (χ1v) is 7.71. The highest BCUT2D eigenvalue weighted by molar-refractivity contribution is 5.94. The summed E-state index contributed by atoms with van der Waals surface area (Å²) in [6.07, 6.45) is 1.68. The Morgan fingerprint density at radius 3 is 2.71 bits per heavy atom. The van der Waals surface area contributed by atoms with Crippen molar-refractivity contribution in [2.24, 2.45) is 7.05 Å². The predicted octanol–water partition coefficient (Wildman–Crippen LogP) is 3.07. The van der Waals surface area contributed by atoms with Gasteiger partial charge in [0.2, 0.25) is 0 Å². The summed E-state index contributed by atoms with van der Waals surface area (Å²) in [6, 6.07) is 14.9. The number of nitrogens with zero attached hydrogens (tertiary/aromatic N) is 2. The Balaban J connectivity index is 1.66. The number of ether oxygens (including phenoxy) is 1. The molecule has 2 aromatic carbocycles. The zero-order chi connectivity index (χ0) is 16.9. The maximum Gasteiger partial charge on any atom is 0.251 e. The quantitative estimate of drug-likeness (QED) is 0.710. The molecule has 0 unspecified atom stereocenters. The summed E-state index contributed by atoms with van der Waals surface area (Å²) >= 11 is 0. The summed E-state index contributed by atoms with van der Waals surface area (Å²) in [4.78, 5) is 16.8. The number of benzene rings is 2. The first-order valence-electron chi connectivity index (χ1n) is 7.71. The smallest absolute Gasteiger partial charge is 0.251 e. The Hall–Kier alpha value is -3.08. The van der Waals surface area contributed by atoms with Gasteiger partial charge in [-0.1, -0.05) is 24.8 Å². The van der Waals surface area contributed by atoms with E-state index in [1.165, 1.54) is 0 Å². The number of para-hydroxylation sites is 2. The van der Waals surface area contributed by atoms with Gasteiger partial charge in [0.1, 0.15) is 18.2 Å². The average Bonchev–Trinajstić information content (AvgIpc) is 2.94. The molecule has 5 heteroatoms. The number of carbonyl (C=O) groups excluding carboxylic acids is 1. The number of amides is 1. The van der Waals surface area contributed by atoms with Crippen molar-refractivity contribution in [2.75, 3.05) is 6.61 Å². The van der Waals surface area contributed by atoms with Crippen LogP contribution in [0.15, 0.2) is 61.2 Å². The number of fused-ring (bicyclic) bond motifs is 1. The fourth-order valence-corrected chi connectivity index (χ4v) is 2.47. The summed E-state index contributed by atoms with van der Waals surface area (Å²) in [5.41, 5.74) is 2.55. The van der Waals surface area contributed by atoms with Gasteiger partial charge in [-0.05, 0) is 36.4 Å². The SMILES string of the molecule is C=CCOc1ccc(C(=O)NCc2nc3ccccc3n2C)cc1.